The van der Waals surface area contributed by atoms with E-state index in [-0.39, 0.29) is 17.7 Å². The lowest BCUT2D eigenvalue weighted by Gasteiger charge is -2.08. The van der Waals surface area contributed by atoms with Crippen molar-refractivity contribution in [1.82, 2.24) is 24.8 Å². The molecule has 2 aromatic heterocycles. The minimum atomic E-state index is -0.712. The molecule has 0 amide bonds. The third-order valence-electron chi connectivity index (χ3n) is 4.46. The van der Waals surface area contributed by atoms with Gasteiger partial charge in [-0.2, -0.15) is 10.1 Å². The van der Waals surface area contributed by atoms with E-state index in [9.17, 15) is 13.6 Å². The predicted molar refractivity (Wildman–Crippen MR) is 110 cm³/mol. The first-order valence-corrected chi connectivity index (χ1v) is 9.48. The number of rotatable bonds is 6. The SMILES string of the molecule is CN(C)Cc1nc(-c2cccc(Cn3nc(-c4cc(F)cc(F)c4)ccc3=O)c2)no1. The number of aromatic nitrogens is 4. The summed E-state index contributed by atoms with van der Waals surface area (Å²) in [7, 11) is 3.81. The Labute approximate surface area is 176 Å². The van der Waals surface area contributed by atoms with Gasteiger partial charge in [0.2, 0.25) is 11.7 Å². The van der Waals surface area contributed by atoms with Gasteiger partial charge in [0.05, 0.1) is 18.8 Å². The maximum absolute atomic E-state index is 13.6. The average molecular weight is 423 g/mol. The van der Waals surface area contributed by atoms with Gasteiger partial charge in [0.15, 0.2) is 0 Å². The van der Waals surface area contributed by atoms with Crippen LogP contribution in [-0.4, -0.2) is 38.9 Å². The zero-order valence-electron chi connectivity index (χ0n) is 16.9. The van der Waals surface area contributed by atoms with E-state index in [4.69, 9.17) is 4.52 Å². The highest BCUT2D eigenvalue weighted by atomic mass is 19.1. The maximum Gasteiger partial charge on any atom is 0.267 e. The van der Waals surface area contributed by atoms with Gasteiger partial charge in [-0.25, -0.2) is 13.5 Å². The molecule has 0 N–H and O–H groups in total. The van der Waals surface area contributed by atoms with E-state index in [1.54, 1.807) is 0 Å². The Balaban J connectivity index is 1.62. The second-order valence-corrected chi connectivity index (χ2v) is 7.32. The first-order valence-electron chi connectivity index (χ1n) is 9.48. The third kappa shape index (κ3) is 4.89. The van der Waals surface area contributed by atoms with Crippen molar-refractivity contribution in [1.29, 1.82) is 0 Å². The van der Waals surface area contributed by atoms with Crippen LogP contribution in [0.2, 0.25) is 0 Å². The molecule has 0 fully saturated rings. The zero-order chi connectivity index (χ0) is 22.0. The molecule has 31 heavy (non-hydrogen) atoms. The van der Waals surface area contributed by atoms with Crippen molar-refractivity contribution < 1.29 is 13.3 Å². The minimum absolute atomic E-state index is 0.167. The van der Waals surface area contributed by atoms with E-state index in [1.807, 2.05) is 43.3 Å². The van der Waals surface area contributed by atoms with Crippen molar-refractivity contribution in [2.45, 2.75) is 13.1 Å². The van der Waals surface area contributed by atoms with Crippen LogP contribution in [0.25, 0.3) is 22.6 Å². The third-order valence-corrected chi connectivity index (χ3v) is 4.46. The van der Waals surface area contributed by atoms with Crippen LogP contribution in [0.4, 0.5) is 8.78 Å². The Hall–Kier alpha value is -3.72. The molecule has 0 aliphatic carbocycles. The van der Waals surface area contributed by atoms with Gasteiger partial charge >= 0.3 is 0 Å². The van der Waals surface area contributed by atoms with Gasteiger partial charge < -0.3 is 9.42 Å². The molecule has 0 saturated heterocycles. The summed E-state index contributed by atoms with van der Waals surface area (Å²) in [6.45, 7) is 0.695. The lowest BCUT2D eigenvalue weighted by molar-refractivity contribution is 0.303. The molecular formula is C22H19F2N5O2. The molecule has 0 atom stereocenters. The maximum atomic E-state index is 13.6. The second kappa shape index (κ2) is 8.57. The van der Waals surface area contributed by atoms with Crippen molar-refractivity contribution in [3.63, 3.8) is 0 Å². The van der Waals surface area contributed by atoms with Gasteiger partial charge in [-0.15, -0.1) is 0 Å². The van der Waals surface area contributed by atoms with E-state index in [0.29, 0.717) is 24.0 Å². The van der Waals surface area contributed by atoms with Crippen LogP contribution in [-0.2, 0) is 13.1 Å². The molecule has 0 aliphatic heterocycles. The highest BCUT2D eigenvalue weighted by Crippen LogP contribution is 2.20. The van der Waals surface area contributed by atoms with Gasteiger partial charge in [0, 0.05) is 23.3 Å². The Bertz CT molecular complexity index is 1260. The topological polar surface area (TPSA) is 77.1 Å². The molecule has 2 aromatic carbocycles. The summed E-state index contributed by atoms with van der Waals surface area (Å²) < 4.78 is 33.6. The first-order chi connectivity index (χ1) is 14.9. The summed E-state index contributed by atoms with van der Waals surface area (Å²) >= 11 is 0. The fourth-order valence-corrected chi connectivity index (χ4v) is 3.11. The highest BCUT2D eigenvalue weighted by Gasteiger charge is 2.11. The van der Waals surface area contributed by atoms with E-state index in [2.05, 4.69) is 15.2 Å². The Morgan fingerprint density at radius 2 is 1.77 bits per heavy atom. The molecule has 158 valence electrons. The lowest BCUT2D eigenvalue weighted by atomic mass is 10.1. The molecule has 4 rings (SSSR count). The summed E-state index contributed by atoms with van der Waals surface area (Å²) in [4.78, 5) is 18.6. The Kier molecular flexibility index (Phi) is 5.68. The lowest BCUT2D eigenvalue weighted by Crippen LogP contribution is -2.22. The van der Waals surface area contributed by atoms with Crippen molar-refractivity contribution >= 4 is 0 Å². The highest BCUT2D eigenvalue weighted by molar-refractivity contribution is 5.58. The molecule has 0 radical (unpaired) electrons. The van der Waals surface area contributed by atoms with E-state index >= 15 is 0 Å². The van der Waals surface area contributed by atoms with Gasteiger partial charge in [0.25, 0.3) is 5.56 Å². The van der Waals surface area contributed by atoms with Crippen molar-refractivity contribution in [3.05, 3.63) is 88.0 Å². The number of benzene rings is 2. The standard InChI is InChI=1S/C22H19F2N5O2/c1-28(2)13-20-25-22(27-31-20)15-5-3-4-14(8-15)12-29-21(30)7-6-19(26-29)16-9-17(23)11-18(24)10-16/h3-11H,12-13H2,1-2H3. The van der Waals surface area contributed by atoms with Gasteiger partial charge in [-0.05, 0) is 43.9 Å². The summed E-state index contributed by atoms with van der Waals surface area (Å²) in [6.07, 6.45) is 0. The van der Waals surface area contributed by atoms with E-state index in [1.165, 1.54) is 28.9 Å². The largest absolute Gasteiger partial charge is 0.338 e. The average Bonchev–Trinajstić information content (AvgIpc) is 3.17. The number of nitrogens with zero attached hydrogens (tertiary/aromatic N) is 5. The molecule has 7 nitrogen and oxygen atoms in total. The number of hydrogen-bond acceptors (Lipinski definition) is 6. The normalized spacial score (nSPS) is 11.3. The monoisotopic (exact) mass is 423 g/mol. The van der Waals surface area contributed by atoms with E-state index < -0.39 is 11.6 Å². The van der Waals surface area contributed by atoms with Crippen LogP contribution < -0.4 is 5.56 Å². The Morgan fingerprint density at radius 3 is 2.52 bits per heavy atom. The van der Waals surface area contributed by atoms with Crippen molar-refractivity contribution in [2.24, 2.45) is 0 Å². The molecular weight excluding hydrogens is 404 g/mol. The molecule has 0 unspecified atom stereocenters. The summed E-state index contributed by atoms with van der Waals surface area (Å²) in [5.41, 5.74) is 1.73. The summed E-state index contributed by atoms with van der Waals surface area (Å²) in [5, 5.41) is 8.28. The van der Waals surface area contributed by atoms with Gasteiger partial charge in [0.1, 0.15) is 11.6 Å². The molecule has 9 heteroatoms. The molecule has 0 saturated carbocycles. The molecule has 0 bridgehead atoms. The van der Waals surface area contributed by atoms with Crippen LogP contribution in [0.15, 0.2) is 63.9 Å². The van der Waals surface area contributed by atoms with E-state index in [0.717, 1.165) is 17.2 Å². The number of hydrogen-bond donors (Lipinski definition) is 0. The van der Waals surface area contributed by atoms with Gasteiger partial charge in [-0.1, -0.05) is 23.4 Å². The fraction of sp³-hybridized carbons (Fsp3) is 0.182. The molecule has 0 spiro atoms. The Morgan fingerprint density at radius 1 is 1.00 bits per heavy atom. The summed E-state index contributed by atoms with van der Waals surface area (Å²) in [5.74, 6) is -0.478. The molecule has 0 aliphatic rings. The van der Waals surface area contributed by atoms with Crippen molar-refractivity contribution in [3.8, 4) is 22.6 Å². The fourth-order valence-electron chi connectivity index (χ4n) is 3.11. The summed E-state index contributed by atoms with van der Waals surface area (Å²) in [6, 6.07) is 13.2. The predicted octanol–water partition coefficient (Wildman–Crippen LogP) is 3.35. The van der Waals surface area contributed by atoms with Crippen LogP contribution in [0.5, 0.6) is 0 Å². The number of halogens is 2. The van der Waals surface area contributed by atoms with Crippen LogP contribution in [0.1, 0.15) is 11.5 Å². The minimum Gasteiger partial charge on any atom is -0.338 e. The zero-order valence-corrected chi connectivity index (χ0v) is 16.9. The van der Waals surface area contributed by atoms with Crippen LogP contribution in [0.3, 0.4) is 0 Å². The molecule has 2 heterocycles. The van der Waals surface area contributed by atoms with Crippen LogP contribution >= 0.6 is 0 Å². The quantitative estimate of drug-likeness (QED) is 0.473. The smallest absolute Gasteiger partial charge is 0.267 e. The first kappa shape index (κ1) is 20.5. The van der Waals surface area contributed by atoms with Gasteiger partial charge in [-0.3, -0.25) is 4.79 Å². The van der Waals surface area contributed by atoms with Crippen LogP contribution in [0, 0.1) is 11.6 Å². The second-order valence-electron chi connectivity index (χ2n) is 7.32. The molecule has 4 aromatic rings. The van der Waals surface area contributed by atoms with Crippen molar-refractivity contribution in [2.75, 3.05) is 14.1 Å².